The van der Waals surface area contributed by atoms with Crippen LogP contribution in [-0.4, -0.2) is 30.4 Å². The Morgan fingerprint density at radius 2 is 1.92 bits per heavy atom. The van der Waals surface area contributed by atoms with Gasteiger partial charge in [0.15, 0.2) is 5.65 Å². The number of para-hydroxylation sites is 1. The van der Waals surface area contributed by atoms with Gasteiger partial charge in [-0.3, -0.25) is 4.98 Å². The molecule has 0 radical (unpaired) electrons. The molecule has 0 aliphatic carbocycles. The lowest BCUT2D eigenvalue weighted by Gasteiger charge is -2.02. The van der Waals surface area contributed by atoms with Crippen LogP contribution in [0.2, 0.25) is 0 Å². The maximum atomic E-state index is 4.53. The topological polar surface area (TPSA) is 80.9 Å². The molecule has 0 aliphatic rings. The van der Waals surface area contributed by atoms with Gasteiger partial charge in [0.25, 0.3) is 5.95 Å². The van der Waals surface area contributed by atoms with Gasteiger partial charge >= 0.3 is 0 Å². The number of aryl methyl sites for hydroxylation is 1. The van der Waals surface area contributed by atoms with E-state index in [0.717, 1.165) is 33.5 Å². The zero-order valence-electron chi connectivity index (χ0n) is 13.3. The first kappa shape index (κ1) is 14.3. The van der Waals surface area contributed by atoms with Crippen molar-refractivity contribution in [2.45, 2.75) is 6.92 Å². The molecule has 4 rings (SSSR count). The second-order valence-corrected chi connectivity index (χ2v) is 5.41. The lowest BCUT2D eigenvalue weighted by Crippen LogP contribution is -2.05. The van der Waals surface area contributed by atoms with Crippen LogP contribution in [-0.2, 0) is 7.05 Å². The Morgan fingerprint density at radius 3 is 2.75 bits per heavy atom. The second-order valence-electron chi connectivity index (χ2n) is 5.41. The summed E-state index contributed by atoms with van der Waals surface area (Å²) in [7, 11) is 1.96. The summed E-state index contributed by atoms with van der Waals surface area (Å²) in [5.74, 6) is 0.351. The van der Waals surface area contributed by atoms with Crippen LogP contribution in [0.15, 0.2) is 53.8 Å². The third-order valence-electron chi connectivity index (χ3n) is 3.87. The molecule has 7 heteroatoms. The molecule has 24 heavy (non-hydrogen) atoms. The standard InChI is InChI=1S/C17H15N7/c1-11(13-8-5-6-10-18-13)20-22-17-19-16-15(21-23-17)12-7-3-4-9-14(12)24(16)2/h3-10H,1-2H3,(H,19,22,23)/b20-11-. The van der Waals surface area contributed by atoms with E-state index in [4.69, 9.17) is 0 Å². The summed E-state index contributed by atoms with van der Waals surface area (Å²) >= 11 is 0. The smallest absolute Gasteiger partial charge is 0.265 e. The second kappa shape index (κ2) is 5.69. The molecule has 0 saturated carbocycles. The third-order valence-corrected chi connectivity index (χ3v) is 3.87. The lowest BCUT2D eigenvalue weighted by molar-refractivity contribution is 0.949. The van der Waals surface area contributed by atoms with Crippen LogP contribution in [0.4, 0.5) is 5.95 Å². The quantitative estimate of drug-likeness (QED) is 0.464. The molecule has 0 bridgehead atoms. The predicted molar refractivity (Wildman–Crippen MR) is 93.9 cm³/mol. The predicted octanol–water partition coefficient (Wildman–Crippen LogP) is 2.75. The van der Waals surface area contributed by atoms with Gasteiger partial charge in [0.2, 0.25) is 0 Å². The Labute approximate surface area is 138 Å². The summed E-state index contributed by atoms with van der Waals surface area (Å²) in [6.07, 6.45) is 1.73. The van der Waals surface area contributed by atoms with Crippen molar-refractivity contribution in [3.8, 4) is 0 Å². The van der Waals surface area contributed by atoms with E-state index in [2.05, 4.69) is 30.7 Å². The number of nitrogens with zero attached hydrogens (tertiary/aromatic N) is 6. The van der Waals surface area contributed by atoms with Gasteiger partial charge in [0.1, 0.15) is 5.52 Å². The Bertz CT molecular complexity index is 1050. The molecule has 0 atom stereocenters. The van der Waals surface area contributed by atoms with Crippen LogP contribution >= 0.6 is 0 Å². The van der Waals surface area contributed by atoms with Crippen molar-refractivity contribution >= 4 is 33.7 Å². The summed E-state index contributed by atoms with van der Waals surface area (Å²) < 4.78 is 2.00. The third kappa shape index (κ3) is 2.36. The molecule has 0 spiro atoms. The molecule has 7 nitrogen and oxygen atoms in total. The largest absolute Gasteiger partial charge is 0.327 e. The van der Waals surface area contributed by atoms with Crippen molar-refractivity contribution < 1.29 is 0 Å². The van der Waals surface area contributed by atoms with Crippen molar-refractivity contribution in [2.24, 2.45) is 12.1 Å². The minimum absolute atomic E-state index is 0.351. The summed E-state index contributed by atoms with van der Waals surface area (Å²) in [4.78, 5) is 8.78. The molecule has 3 heterocycles. The Morgan fingerprint density at radius 1 is 1.08 bits per heavy atom. The number of nitrogens with one attached hydrogen (secondary N) is 1. The lowest BCUT2D eigenvalue weighted by atomic mass is 10.2. The van der Waals surface area contributed by atoms with Crippen molar-refractivity contribution in [1.82, 2.24) is 24.7 Å². The van der Waals surface area contributed by atoms with E-state index in [1.54, 1.807) is 6.20 Å². The van der Waals surface area contributed by atoms with Crippen LogP contribution in [0.3, 0.4) is 0 Å². The van der Waals surface area contributed by atoms with E-state index in [9.17, 15) is 0 Å². The highest BCUT2D eigenvalue weighted by Gasteiger charge is 2.11. The van der Waals surface area contributed by atoms with Gasteiger partial charge in [-0.2, -0.15) is 10.1 Å². The van der Waals surface area contributed by atoms with E-state index in [1.807, 2.05) is 61.0 Å². The van der Waals surface area contributed by atoms with Crippen LogP contribution in [0.5, 0.6) is 0 Å². The normalized spacial score (nSPS) is 12.0. The molecule has 1 N–H and O–H groups in total. The van der Waals surface area contributed by atoms with E-state index in [1.165, 1.54) is 0 Å². The average molecular weight is 317 g/mol. The first-order valence-corrected chi connectivity index (χ1v) is 7.53. The van der Waals surface area contributed by atoms with Gasteiger partial charge in [-0.15, -0.1) is 10.2 Å². The SMILES string of the molecule is C/C(=N/Nc1nnc2c3ccccc3n(C)c2n1)c1ccccn1. The number of hydrogen-bond acceptors (Lipinski definition) is 6. The fourth-order valence-corrected chi connectivity index (χ4v) is 2.62. The van der Waals surface area contributed by atoms with Gasteiger partial charge < -0.3 is 4.57 Å². The number of pyridine rings is 1. The number of fused-ring (bicyclic) bond motifs is 3. The number of hydrogen-bond donors (Lipinski definition) is 1. The monoisotopic (exact) mass is 317 g/mol. The van der Waals surface area contributed by atoms with Gasteiger partial charge in [0.05, 0.1) is 16.9 Å². The first-order valence-electron chi connectivity index (χ1n) is 7.53. The van der Waals surface area contributed by atoms with Crippen molar-refractivity contribution in [3.63, 3.8) is 0 Å². The molecule has 4 aromatic rings. The summed E-state index contributed by atoms with van der Waals surface area (Å²) in [6, 6.07) is 13.7. The van der Waals surface area contributed by atoms with Crippen LogP contribution in [0.25, 0.3) is 22.1 Å². The Hall–Kier alpha value is -3.35. The fourth-order valence-electron chi connectivity index (χ4n) is 2.62. The first-order chi connectivity index (χ1) is 11.7. The maximum absolute atomic E-state index is 4.53. The molecule has 0 unspecified atom stereocenters. The van der Waals surface area contributed by atoms with Gasteiger partial charge in [-0.1, -0.05) is 24.3 Å². The molecular weight excluding hydrogens is 302 g/mol. The summed E-state index contributed by atoms with van der Waals surface area (Å²) in [6.45, 7) is 1.87. The molecular formula is C17H15N7. The zero-order valence-corrected chi connectivity index (χ0v) is 13.3. The highest BCUT2D eigenvalue weighted by atomic mass is 15.4. The number of hydrazone groups is 1. The van der Waals surface area contributed by atoms with E-state index in [0.29, 0.717) is 5.95 Å². The summed E-state index contributed by atoms with van der Waals surface area (Å²) in [5.41, 5.74) is 7.01. The molecule has 3 aromatic heterocycles. The highest BCUT2D eigenvalue weighted by molar-refractivity contribution is 6.04. The Kier molecular flexibility index (Phi) is 3.38. The van der Waals surface area contributed by atoms with E-state index < -0.39 is 0 Å². The number of anilines is 1. The fraction of sp³-hybridized carbons (Fsp3) is 0.118. The maximum Gasteiger partial charge on any atom is 0.265 e. The minimum Gasteiger partial charge on any atom is -0.327 e. The molecule has 0 aliphatic heterocycles. The number of aromatic nitrogens is 5. The van der Waals surface area contributed by atoms with Crippen molar-refractivity contribution in [1.29, 1.82) is 0 Å². The molecule has 1 aromatic carbocycles. The molecule has 0 saturated heterocycles. The Balaban J connectivity index is 1.71. The van der Waals surface area contributed by atoms with Gasteiger partial charge in [-0.05, 0) is 25.1 Å². The van der Waals surface area contributed by atoms with Crippen molar-refractivity contribution in [2.75, 3.05) is 5.43 Å². The zero-order chi connectivity index (χ0) is 16.5. The van der Waals surface area contributed by atoms with Crippen LogP contribution in [0, 0.1) is 0 Å². The molecule has 118 valence electrons. The average Bonchev–Trinajstić information content (AvgIpc) is 2.93. The van der Waals surface area contributed by atoms with E-state index in [-0.39, 0.29) is 0 Å². The molecule has 0 fully saturated rings. The van der Waals surface area contributed by atoms with Gasteiger partial charge in [0, 0.05) is 18.6 Å². The minimum atomic E-state index is 0.351. The number of benzene rings is 1. The van der Waals surface area contributed by atoms with Crippen LogP contribution in [0.1, 0.15) is 12.6 Å². The highest BCUT2D eigenvalue weighted by Crippen LogP contribution is 2.24. The van der Waals surface area contributed by atoms with Crippen molar-refractivity contribution in [3.05, 3.63) is 54.4 Å². The number of rotatable bonds is 3. The van der Waals surface area contributed by atoms with E-state index >= 15 is 0 Å². The summed E-state index contributed by atoms with van der Waals surface area (Å²) in [5, 5.41) is 13.7. The van der Waals surface area contributed by atoms with Gasteiger partial charge in [-0.25, -0.2) is 5.43 Å². The molecule has 0 amide bonds. The van der Waals surface area contributed by atoms with Crippen LogP contribution < -0.4 is 5.43 Å².